The zero-order valence-electron chi connectivity index (χ0n) is 9.16. The van der Waals surface area contributed by atoms with Gasteiger partial charge >= 0.3 is 0 Å². The summed E-state index contributed by atoms with van der Waals surface area (Å²) in [6.45, 7) is 0.704. The molecule has 1 atom stereocenters. The van der Waals surface area contributed by atoms with Gasteiger partial charge < -0.3 is 10.6 Å². The molecule has 1 fully saturated rings. The molecule has 2 rings (SSSR count). The molecule has 0 spiro atoms. The van der Waals surface area contributed by atoms with Gasteiger partial charge in [0.1, 0.15) is 6.04 Å². The third kappa shape index (κ3) is 3.29. The minimum Gasteiger partial charge on any atom is -0.354 e. The van der Waals surface area contributed by atoms with Crippen LogP contribution in [-0.4, -0.2) is 24.4 Å². The van der Waals surface area contributed by atoms with Gasteiger partial charge in [-0.3, -0.25) is 9.59 Å². The lowest BCUT2D eigenvalue weighted by Gasteiger charge is -2.14. The fraction of sp³-hybridized carbons (Fsp3) is 0.455. The lowest BCUT2D eigenvalue weighted by Crippen LogP contribution is -2.45. The van der Waals surface area contributed by atoms with Crippen molar-refractivity contribution in [3.8, 4) is 0 Å². The van der Waals surface area contributed by atoms with Crippen molar-refractivity contribution in [2.75, 3.05) is 6.54 Å². The van der Waals surface area contributed by atoms with E-state index in [2.05, 4.69) is 26.6 Å². The zero-order chi connectivity index (χ0) is 12.3. The van der Waals surface area contributed by atoms with Gasteiger partial charge in [-0.1, -0.05) is 0 Å². The number of thiophene rings is 1. The topological polar surface area (TPSA) is 58.2 Å². The average Bonchev–Trinajstić information content (AvgIpc) is 2.63. The number of halogens is 1. The van der Waals surface area contributed by atoms with Gasteiger partial charge in [-0.05, 0) is 47.3 Å². The lowest BCUT2D eigenvalue weighted by atomic mass is 10.1. The van der Waals surface area contributed by atoms with Gasteiger partial charge in [0.05, 0.1) is 8.66 Å². The van der Waals surface area contributed by atoms with Crippen LogP contribution in [0.4, 0.5) is 0 Å². The Morgan fingerprint density at radius 1 is 1.47 bits per heavy atom. The van der Waals surface area contributed by atoms with Gasteiger partial charge in [0.25, 0.3) is 5.91 Å². The predicted octanol–water partition coefficient (Wildman–Crippen LogP) is 1.91. The van der Waals surface area contributed by atoms with E-state index < -0.39 is 6.04 Å². The molecule has 2 N–H and O–H groups in total. The lowest BCUT2D eigenvalue weighted by molar-refractivity contribution is -0.122. The third-order valence-electron chi connectivity index (χ3n) is 2.64. The van der Waals surface area contributed by atoms with E-state index in [0.29, 0.717) is 17.8 Å². The minimum absolute atomic E-state index is 0.0773. The van der Waals surface area contributed by atoms with Gasteiger partial charge in [0, 0.05) is 6.54 Å². The summed E-state index contributed by atoms with van der Waals surface area (Å²) in [7, 11) is 0. The number of carbonyl (C=O) groups is 2. The van der Waals surface area contributed by atoms with Crippen LogP contribution in [0.2, 0.25) is 0 Å². The number of hydrogen-bond acceptors (Lipinski definition) is 3. The van der Waals surface area contributed by atoms with Crippen molar-refractivity contribution in [1.29, 1.82) is 0 Å². The van der Waals surface area contributed by atoms with Crippen LogP contribution >= 0.6 is 27.3 Å². The molecule has 1 aliphatic rings. The molecule has 6 heteroatoms. The molecule has 4 nitrogen and oxygen atoms in total. The van der Waals surface area contributed by atoms with E-state index in [4.69, 9.17) is 0 Å². The predicted molar refractivity (Wildman–Crippen MR) is 70.1 cm³/mol. The van der Waals surface area contributed by atoms with Gasteiger partial charge in [-0.25, -0.2) is 0 Å². The first-order chi connectivity index (χ1) is 8.16. The second kappa shape index (κ2) is 5.64. The molecule has 17 heavy (non-hydrogen) atoms. The fourth-order valence-electron chi connectivity index (χ4n) is 1.74. The molecule has 1 saturated heterocycles. The summed E-state index contributed by atoms with van der Waals surface area (Å²) in [5, 5.41) is 5.57. The van der Waals surface area contributed by atoms with Gasteiger partial charge in [-0.2, -0.15) is 0 Å². The van der Waals surface area contributed by atoms with Crippen molar-refractivity contribution >= 4 is 39.1 Å². The highest BCUT2D eigenvalue weighted by Gasteiger charge is 2.23. The van der Waals surface area contributed by atoms with Crippen LogP contribution in [0.1, 0.15) is 28.9 Å². The number of hydrogen-bond donors (Lipinski definition) is 2. The Hall–Kier alpha value is -0.880. The molecular formula is C11H13BrN2O2S. The van der Waals surface area contributed by atoms with Crippen LogP contribution in [0.5, 0.6) is 0 Å². The average molecular weight is 317 g/mol. The molecule has 1 aliphatic heterocycles. The first-order valence-corrected chi connectivity index (χ1v) is 7.11. The van der Waals surface area contributed by atoms with E-state index in [1.54, 1.807) is 6.07 Å². The first-order valence-electron chi connectivity index (χ1n) is 5.51. The highest BCUT2D eigenvalue weighted by molar-refractivity contribution is 9.11. The Morgan fingerprint density at radius 2 is 2.29 bits per heavy atom. The van der Waals surface area contributed by atoms with Crippen LogP contribution in [0.3, 0.4) is 0 Å². The van der Waals surface area contributed by atoms with E-state index in [-0.39, 0.29) is 11.8 Å². The Bertz CT molecular complexity index is 433. The molecule has 1 aromatic rings. The molecule has 92 valence electrons. The van der Waals surface area contributed by atoms with E-state index in [1.807, 2.05) is 6.07 Å². The molecule has 2 amide bonds. The standard InChI is InChI=1S/C11H13BrN2O2S/c12-9-5-4-8(17-9)11(16)14-7-3-1-2-6-13-10(7)15/h4-5,7H,1-3,6H2,(H,13,15)(H,14,16)/t7-/m0/s1. The Morgan fingerprint density at radius 3 is 3.00 bits per heavy atom. The van der Waals surface area contributed by atoms with E-state index in [1.165, 1.54) is 11.3 Å². The first kappa shape index (κ1) is 12.6. The van der Waals surface area contributed by atoms with Crippen LogP contribution < -0.4 is 10.6 Å². The molecule has 1 aromatic heterocycles. The maximum atomic E-state index is 11.9. The third-order valence-corrected chi connectivity index (χ3v) is 4.26. The normalized spacial score (nSPS) is 20.5. The molecule has 0 bridgehead atoms. The molecule has 2 heterocycles. The van der Waals surface area contributed by atoms with Crippen LogP contribution in [0.15, 0.2) is 15.9 Å². The quantitative estimate of drug-likeness (QED) is 0.875. The maximum Gasteiger partial charge on any atom is 0.262 e. The number of nitrogens with one attached hydrogen (secondary N) is 2. The van der Waals surface area contributed by atoms with Crippen molar-refractivity contribution in [2.45, 2.75) is 25.3 Å². The molecule has 0 aliphatic carbocycles. The van der Waals surface area contributed by atoms with Gasteiger partial charge in [0.15, 0.2) is 0 Å². The van der Waals surface area contributed by atoms with E-state index in [0.717, 1.165) is 16.6 Å². The highest BCUT2D eigenvalue weighted by atomic mass is 79.9. The summed E-state index contributed by atoms with van der Waals surface area (Å²) in [6, 6.07) is 3.18. The molecule has 0 aromatic carbocycles. The smallest absolute Gasteiger partial charge is 0.262 e. The second-order valence-electron chi connectivity index (χ2n) is 3.92. The zero-order valence-corrected chi connectivity index (χ0v) is 11.6. The summed E-state index contributed by atoms with van der Waals surface area (Å²) in [6.07, 6.45) is 2.64. The molecule has 0 saturated carbocycles. The Balaban J connectivity index is 1.99. The molecule has 0 unspecified atom stereocenters. The number of carbonyl (C=O) groups excluding carboxylic acids is 2. The van der Waals surface area contributed by atoms with Crippen molar-refractivity contribution in [2.24, 2.45) is 0 Å². The van der Waals surface area contributed by atoms with Crippen molar-refractivity contribution in [1.82, 2.24) is 10.6 Å². The van der Waals surface area contributed by atoms with Crippen molar-refractivity contribution < 1.29 is 9.59 Å². The van der Waals surface area contributed by atoms with Crippen LogP contribution in [-0.2, 0) is 4.79 Å². The maximum absolute atomic E-state index is 11.9. The second-order valence-corrected chi connectivity index (χ2v) is 6.38. The van der Waals surface area contributed by atoms with Crippen molar-refractivity contribution in [3.63, 3.8) is 0 Å². The summed E-state index contributed by atoms with van der Waals surface area (Å²) < 4.78 is 0.910. The highest BCUT2D eigenvalue weighted by Crippen LogP contribution is 2.22. The Kier molecular flexibility index (Phi) is 4.17. The number of rotatable bonds is 2. The van der Waals surface area contributed by atoms with Crippen LogP contribution in [0.25, 0.3) is 0 Å². The summed E-state index contributed by atoms with van der Waals surface area (Å²) in [4.78, 5) is 24.2. The summed E-state index contributed by atoms with van der Waals surface area (Å²) in [5.41, 5.74) is 0. The molecule has 0 radical (unpaired) electrons. The molecular weight excluding hydrogens is 304 g/mol. The van der Waals surface area contributed by atoms with Crippen molar-refractivity contribution in [3.05, 3.63) is 20.8 Å². The van der Waals surface area contributed by atoms with Crippen LogP contribution in [0, 0.1) is 0 Å². The monoisotopic (exact) mass is 316 g/mol. The summed E-state index contributed by atoms with van der Waals surface area (Å²) >= 11 is 4.67. The fourth-order valence-corrected chi connectivity index (χ4v) is 3.03. The summed E-state index contributed by atoms with van der Waals surface area (Å²) in [5.74, 6) is -0.255. The van der Waals surface area contributed by atoms with Gasteiger partial charge in [0.2, 0.25) is 5.91 Å². The largest absolute Gasteiger partial charge is 0.354 e. The van der Waals surface area contributed by atoms with E-state index >= 15 is 0 Å². The number of amides is 2. The van der Waals surface area contributed by atoms with E-state index in [9.17, 15) is 9.59 Å². The SMILES string of the molecule is O=C(N[C@H]1CCCCNC1=O)c1ccc(Br)s1. The minimum atomic E-state index is -0.397. The Labute approximate surface area is 112 Å². The van der Waals surface area contributed by atoms with Gasteiger partial charge in [-0.15, -0.1) is 11.3 Å².